The van der Waals surface area contributed by atoms with Crippen molar-refractivity contribution in [2.45, 2.75) is 44.9 Å². The van der Waals surface area contributed by atoms with Gasteiger partial charge >= 0.3 is 0 Å². The Morgan fingerprint density at radius 3 is 2.78 bits per heavy atom. The van der Waals surface area contributed by atoms with Crippen molar-refractivity contribution < 1.29 is 0 Å². The number of halogens is 1. The third-order valence-corrected chi connectivity index (χ3v) is 5.70. The number of aromatic amines is 1. The van der Waals surface area contributed by atoms with Crippen LogP contribution in [0.5, 0.6) is 0 Å². The summed E-state index contributed by atoms with van der Waals surface area (Å²) in [6, 6.07) is 2.14. The van der Waals surface area contributed by atoms with Gasteiger partial charge in [0.05, 0.1) is 8.66 Å². The van der Waals surface area contributed by atoms with Gasteiger partial charge in [0.1, 0.15) is 5.82 Å². The fraction of sp³-hybridized carbons (Fsp3) is 0.538. The summed E-state index contributed by atoms with van der Waals surface area (Å²) >= 11 is 5.25. The third kappa shape index (κ3) is 2.38. The first kappa shape index (κ1) is 12.4. The fourth-order valence-electron chi connectivity index (χ4n) is 2.51. The minimum atomic E-state index is 0.587. The average molecular weight is 326 g/mol. The normalized spacial score (nSPS) is 17.2. The lowest BCUT2D eigenvalue weighted by molar-refractivity contribution is 0.429. The molecule has 0 amide bonds. The van der Waals surface area contributed by atoms with Crippen LogP contribution in [-0.2, 0) is 0 Å². The van der Waals surface area contributed by atoms with Crippen LogP contribution in [-0.4, -0.2) is 15.2 Å². The highest BCUT2D eigenvalue weighted by atomic mass is 79.9. The quantitative estimate of drug-likeness (QED) is 0.872. The summed E-state index contributed by atoms with van der Waals surface area (Å²) in [6.45, 7) is 2.10. The number of rotatable bonds is 2. The minimum absolute atomic E-state index is 0.587. The van der Waals surface area contributed by atoms with Crippen molar-refractivity contribution in [3.63, 3.8) is 0 Å². The molecule has 96 valence electrons. The van der Waals surface area contributed by atoms with E-state index in [0.717, 1.165) is 16.5 Å². The molecule has 1 aliphatic rings. The molecule has 0 aromatic carbocycles. The van der Waals surface area contributed by atoms with Gasteiger partial charge in [0.25, 0.3) is 0 Å². The van der Waals surface area contributed by atoms with Crippen molar-refractivity contribution in [1.29, 1.82) is 0 Å². The summed E-state index contributed by atoms with van der Waals surface area (Å²) in [4.78, 5) is 5.82. The Bertz CT molecular complexity index is 521. The molecule has 0 atom stereocenters. The maximum absolute atomic E-state index is 4.68. The van der Waals surface area contributed by atoms with Crippen LogP contribution in [0.25, 0.3) is 10.7 Å². The lowest BCUT2D eigenvalue weighted by atomic mass is 9.89. The van der Waals surface area contributed by atoms with E-state index in [9.17, 15) is 0 Å². The van der Waals surface area contributed by atoms with Crippen LogP contribution in [0, 0.1) is 6.92 Å². The third-order valence-electron chi connectivity index (χ3n) is 3.57. The van der Waals surface area contributed by atoms with E-state index in [-0.39, 0.29) is 0 Å². The SMILES string of the molecule is Cc1cc(-c2n[nH]c(C3CCCCC3)n2)sc1Br. The molecule has 0 spiro atoms. The predicted octanol–water partition coefficient (Wildman–Crippen LogP) is 4.65. The number of hydrogen-bond donors (Lipinski definition) is 1. The molecular formula is C13H16BrN3S. The van der Waals surface area contributed by atoms with Gasteiger partial charge < -0.3 is 0 Å². The van der Waals surface area contributed by atoms with E-state index >= 15 is 0 Å². The number of thiophene rings is 1. The molecule has 1 aliphatic carbocycles. The van der Waals surface area contributed by atoms with Gasteiger partial charge in [-0.25, -0.2) is 4.98 Å². The van der Waals surface area contributed by atoms with E-state index in [1.165, 1.54) is 41.5 Å². The number of aryl methyl sites for hydroxylation is 1. The van der Waals surface area contributed by atoms with E-state index in [2.05, 4.69) is 44.1 Å². The van der Waals surface area contributed by atoms with Crippen LogP contribution in [0.4, 0.5) is 0 Å². The lowest BCUT2D eigenvalue weighted by Gasteiger charge is -2.18. The van der Waals surface area contributed by atoms with E-state index in [4.69, 9.17) is 0 Å². The molecular weight excluding hydrogens is 310 g/mol. The van der Waals surface area contributed by atoms with Crippen LogP contribution >= 0.6 is 27.3 Å². The maximum Gasteiger partial charge on any atom is 0.191 e. The van der Waals surface area contributed by atoms with Crippen LogP contribution in [0.2, 0.25) is 0 Å². The number of aromatic nitrogens is 3. The molecule has 1 saturated carbocycles. The predicted molar refractivity (Wildman–Crippen MR) is 78.0 cm³/mol. The number of H-pyrrole nitrogens is 1. The Kier molecular flexibility index (Phi) is 3.52. The maximum atomic E-state index is 4.68. The van der Waals surface area contributed by atoms with Crippen LogP contribution < -0.4 is 0 Å². The van der Waals surface area contributed by atoms with Gasteiger partial charge in [0.2, 0.25) is 0 Å². The van der Waals surface area contributed by atoms with Gasteiger partial charge in [0, 0.05) is 5.92 Å². The van der Waals surface area contributed by atoms with Crippen molar-refractivity contribution in [2.75, 3.05) is 0 Å². The largest absolute Gasteiger partial charge is 0.262 e. The van der Waals surface area contributed by atoms with E-state index in [1.807, 2.05) is 0 Å². The molecule has 5 heteroatoms. The molecule has 1 N–H and O–H groups in total. The Morgan fingerprint density at radius 1 is 1.33 bits per heavy atom. The van der Waals surface area contributed by atoms with Gasteiger partial charge in [-0.1, -0.05) is 19.3 Å². The van der Waals surface area contributed by atoms with Gasteiger partial charge in [-0.05, 0) is 47.3 Å². The molecule has 2 aromatic rings. The molecule has 0 aliphatic heterocycles. The van der Waals surface area contributed by atoms with Gasteiger partial charge in [-0.15, -0.1) is 11.3 Å². The topological polar surface area (TPSA) is 41.6 Å². The number of nitrogens with one attached hydrogen (secondary N) is 1. The van der Waals surface area contributed by atoms with Gasteiger partial charge in [-0.3, -0.25) is 5.10 Å². The number of nitrogens with zero attached hydrogens (tertiary/aromatic N) is 2. The Hall–Kier alpha value is -0.680. The Morgan fingerprint density at radius 2 is 2.11 bits per heavy atom. The minimum Gasteiger partial charge on any atom is -0.262 e. The summed E-state index contributed by atoms with van der Waals surface area (Å²) in [7, 11) is 0. The molecule has 2 heterocycles. The van der Waals surface area contributed by atoms with Gasteiger partial charge in [0.15, 0.2) is 5.82 Å². The van der Waals surface area contributed by atoms with E-state index in [1.54, 1.807) is 11.3 Å². The molecule has 0 radical (unpaired) electrons. The molecule has 0 saturated heterocycles. The zero-order chi connectivity index (χ0) is 12.5. The van der Waals surface area contributed by atoms with Crippen molar-refractivity contribution in [3.8, 4) is 10.7 Å². The molecule has 1 fully saturated rings. The molecule has 0 bridgehead atoms. The lowest BCUT2D eigenvalue weighted by Crippen LogP contribution is -2.06. The first-order valence-corrected chi connectivity index (χ1v) is 8.03. The summed E-state index contributed by atoms with van der Waals surface area (Å²) in [5.74, 6) is 2.51. The first-order chi connectivity index (χ1) is 8.74. The molecule has 2 aromatic heterocycles. The highest BCUT2D eigenvalue weighted by Crippen LogP contribution is 2.35. The first-order valence-electron chi connectivity index (χ1n) is 6.42. The summed E-state index contributed by atoms with van der Waals surface area (Å²) in [5, 5.41) is 7.50. The Labute approximate surface area is 119 Å². The monoisotopic (exact) mass is 325 g/mol. The zero-order valence-electron chi connectivity index (χ0n) is 10.4. The molecule has 3 nitrogen and oxygen atoms in total. The van der Waals surface area contributed by atoms with Gasteiger partial charge in [-0.2, -0.15) is 5.10 Å². The second-order valence-corrected chi connectivity index (χ2v) is 7.32. The van der Waals surface area contributed by atoms with Crippen molar-refractivity contribution in [3.05, 3.63) is 21.2 Å². The van der Waals surface area contributed by atoms with Crippen LogP contribution in [0.3, 0.4) is 0 Å². The average Bonchev–Trinajstić information content (AvgIpc) is 2.99. The molecule has 18 heavy (non-hydrogen) atoms. The smallest absolute Gasteiger partial charge is 0.191 e. The number of hydrogen-bond acceptors (Lipinski definition) is 3. The fourth-order valence-corrected chi connectivity index (χ4v) is 3.98. The molecule has 0 unspecified atom stereocenters. The van der Waals surface area contributed by atoms with Crippen molar-refractivity contribution in [1.82, 2.24) is 15.2 Å². The second kappa shape index (κ2) is 5.13. The van der Waals surface area contributed by atoms with Crippen LogP contribution in [0.15, 0.2) is 9.85 Å². The second-order valence-electron chi connectivity index (χ2n) is 4.95. The standard InChI is InChI=1S/C13H16BrN3S/c1-8-7-10(18-11(8)14)13-15-12(16-17-13)9-5-3-2-4-6-9/h7,9H,2-6H2,1H3,(H,15,16,17). The van der Waals surface area contributed by atoms with E-state index < -0.39 is 0 Å². The summed E-state index contributed by atoms with van der Waals surface area (Å²) in [5.41, 5.74) is 1.25. The van der Waals surface area contributed by atoms with E-state index in [0.29, 0.717) is 5.92 Å². The Balaban J connectivity index is 1.84. The molecule has 3 rings (SSSR count). The van der Waals surface area contributed by atoms with Crippen molar-refractivity contribution in [2.24, 2.45) is 0 Å². The highest BCUT2D eigenvalue weighted by molar-refractivity contribution is 9.11. The zero-order valence-corrected chi connectivity index (χ0v) is 12.8. The highest BCUT2D eigenvalue weighted by Gasteiger charge is 2.20. The van der Waals surface area contributed by atoms with Crippen LogP contribution in [0.1, 0.15) is 49.4 Å². The summed E-state index contributed by atoms with van der Waals surface area (Å²) < 4.78 is 1.17. The van der Waals surface area contributed by atoms with Crippen molar-refractivity contribution >= 4 is 27.3 Å². The summed E-state index contributed by atoms with van der Waals surface area (Å²) in [6.07, 6.45) is 6.52.